The molecule has 1 saturated heterocycles. The number of carboxylic acid groups (broad SMARTS) is 1. The van der Waals surface area contributed by atoms with Gasteiger partial charge in [0.2, 0.25) is 5.91 Å². The largest absolute Gasteiger partial charge is 0.481 e. The number of hydrogen-bond donors (Lipinski definition) is 1. The summed E-state index contributed by atoms with van der Waals surface area (Å²) in [6.07, 6.45) is 1.75. The molecule has 1 fully saturated rings. The number of thiophene rings is 1. The Kier molecular flexibility index (Phi) is 3.71. The number of carboxylic acids is 1. The molecule has 1 atom stereocenters. The number of likely N-dealkylation sites (tertiary alicyclic amines) is 1. The minimum absolute atomic E-state index is 0.0613. The van der Waals surface area contributed by atoms with Crippen LogP contribution in [0.5, 0.6) is 0 Å². The van der Waals surface area contributed by atoms with Crippen molar-refractivity contribution >= 4 is 23.2 Å². The Labute approximate surface area is 110 Å². The summed E-state index contributed by atoms with van der Waals surface area (Å²) >= 11 is 1.62. The molecular weight excluding hydrogens is 250 g/mol. The number of carbonyl (C=O) groups is 2. The van der Waals surface area contributed by atoms with E-state index in [2.05, 4.69) is 0 Å². The highest BCUT2D eigenvalue weighted by molar-refractivity contribution is 7.07. The molecule has 5 heteroatoms. The lowest BCUT2D eigenvalue weighted by molar-refractivity contribution is -0.147. The lowest BCUT2D eigenvalue weighted by Crippen LogP contribution is -2.34. The first-order chi connectivity index (χ1) is 8.51. The van der Waals surface area contributed by atoms with Gasteiger partial charge < -0.3 is 10.0 Å². The van der Waals surface area contributed by atoms with Crippen molar-refractivity contribution in [3.63, 3.8) is 0 Å². The summed E-state index contributed by atoms with van der Waals surface area (Å²) in [5, 5.41) is 13.2. The Bertz CT molecular complexity index is 443. The quantitative estimate of drug-likeness (QED) is 0.907. The molecular formula is C13H17NO3S. The van der Waals surface area contributed by atoms with Gasteiger partial charge in [0.1, 0.15) is 0 Å². The Morgan fingerprint density at radius 1 is 1.56 bits per heavy atom. The maximum absolute atomic E-state index is 12.0. The van der Waals surface area contributed by atoms with Crippen molar-refractivity contribution in [1.82, 2.24) is 4.90 Å². The highest BCUT2D eigenvalue weighted by Crippen LogP contribution is 2.30. The van der Waals surface area contributed by atoms with E-state index in [1.165, 1.54) is 5.56 Å². The van der Waals surface area contributed by atoms with E-state index >= 15 is 0 Å². The van der Waals surface area contributed by atoms with E-state index in [-0.39, 0.29) is 5.91 Å². The van der Waals surface area contributed by atoms with E-state index in [0.29, 0.717) is 25.9 Å². The molecule has 0 unspecified atom stereocenters. The maximum Gasteiger partial charge on any atom is 0.311 e. The third kappa shape index (κ3) is 2.72. The molecule has 0 aliphatic carbocycles. The van der Waals surface area contributed by atoms with Crippen LogP contribution in [-0.4, -0.2) is 35.0 Å². The van der Waals surface area contributed by atoms with Crippen molar-refractivity contribution in [3.8, 4) is 0 Å². The average Bonchev–Trinajstić information content (AvgIpc) is 2.95. The zero-order valence-electron chi connectivity index (χ0n) is 10.4. The normalized spacial score (nSPS) is 23.3. The molecule has 1 amide bonds. The van der Waals surface area contributed by atoms with Gasteiger partial charge in [-0.15, -0.1) is 0 Å². The zero-order chi connectivity index (χ0) is 13.2. The van der Waals surface area contributed by atoms with Crippen molar-refractivity contribution in [2.75, 3.05) is 13.1 Å². The van der Waals surface area contributed by atoms with Gasteiger partial charge in [-0.3, -0.25) is 9.59 Å². The van der Waals surface area contributed by atoms with Crippen molar-refractivity contribution in [2.24, 2.45) is 5.41 Å². The molecule has 1 aliphatic rings. The molecule has 18 heavy (non-hydrogen) atoms. The van der Waals surface area contributed by atoms with E-state index in [9.17, 15) is 9.59 Å². The molecule has 2 heterocycles. The number of amides is 1. The van der Waals surface area contributed by atoms with Gasteiger partial charge in [0, 0.05) is 19.5 Å². The fourth-order valence-corrected chi connectivity index (χ4v) is 2.90. The molecule has 98 valence electrons. The summed E-state index contributed by atoms with van der Waals surface area (Å²) in [4.78, 5) is 24.8. The standard InChI is InChI=1S/C13H17NO3S/c1-13(12(16)17)5-6-14(9-13)11(15)3-2-10-4-7-18-8-10/h4,7-8H,2-3,5-6,9H2,1H3,(H,16,17)/t13-/m0/s1. The third-order valence-electron chi connectivity index (χ3n) is 3.55. The molecule has 4 nitrogen and oxygen atoms in total. The molecule has 0 radical (unpaired) electrons. The Balaban J connectivity index is 1.86. The summed E-state index contributed by atoms with van der Waals surface area (Å²) < 4.78 is 0. The Morgan fingerprint density at radius 3 is 2.89 bits per heavy atom. The van der Waals surface area contributed by atoms with E-state index < -0.39 is 11.4 Å². The summed E-state index contributed by atoms with van der Waals surface area (Å²) in [5.41, 5.74) is 0.409. The second-order valence-corrected chi connectivity index (χ2v) is 5.84. The monoisotopic (exact) mass is 267 g/mol. The van der Waals surface area contributed by atoms with Crippen LogP contribution in [0.25, 0.3) is 0 Å². The van der Waals surface area contributed by atoms with Crippen LogP contribution in [0.2, 0.25) is 0 Å². The van der Waals surface area contributed by atoms with Gasteiger partial charge in [-0.2, -0.15) is 11.3 Å². The van der Waals surface area contributed by atoms with E-state index in [0.717, 1.165) is 6.42 Å². The summed E-state index contributed by atoms with van der Waals surface area (Å²) in [5.74, 6) is -0.748. The van der Waals surface area contributed by atoms with Gasteiger partial charge in [-0.05, 0) is 42.2 Å². The molecule has 0 spiro atoms. The van der Waals surface area contributed by atoms with Crippen LogP contribution < -0.4 is 0 Å². The molecule has 1 aromatic rings. The van der Waals surface area contributed by atoms with Gasteiger partial charge in [0.25, 0.3) is 0 Å². The lowest BCUT2D eigenvalue weighted by atomic mass is 9.90. The number of nitrogens with zero attached hydrogens (tertiary/aromatic N) is 1. The van der Waals surface area contributed by atoms with E-state index in [1.54, 1.807) is 23.2 Å². The molecule has 0 bridgehead atoms. The minimum Gasteiger partial charge on any atom is -0.481 e. The van der Waals surface area contributed by atoms with Crippen molar-refractivity contribution in [1.29, 1.82) is 0 Å². The van der Waals surface area contributed by atoms with Crippen molar-refractivity contribution < 1.29 is 14.7 Å². The Hall–Kier alpha value is -1.36. The average molecular weight is 267 g/mol. The van der Waals surface area contributed by atoms with Crippen LogP contribution in [0.4, 0.5) is 0 Å². The predicted molar refractivity (Wildman–Crippen MR) is 69.6 cm³/mol. The van der Waals surface area contributed by atoms with Crippen LogP contribution in [0, 0.1) is 5.41 Å². The molecule has 0 aromatic carbocycles. The molecule has 2 rings (SSSR count). The minimum atomic E-state index is -0.810. The predicted octanol–water partition coefficient (Wildman–Crippen LogP) is 2.00. The van der Waals surface area contributed by atoms with E-state index in [1.807, 2.05) is 16.8 Å². The second-order valence-electron chi connectivity index (χ2n) is 5.06. The fourth-order valence-electron chi connectivity index (χ4n) is 2.19. The smallest absolute Gasteiger partial charge is 0.311 e. The van der Waals surface area contributed by atoms with E-state index in [4.69, 9.17) is 5.11 Å². The highest BCUT2D eigenvalue weighted by Gasteiger charge is 2.41. The van der Waals surface area contributed by atoms with Crippen molar-refractivity contribution in [2.45, 2.75) is 26.2 Å². The third-order valence-corrected chi connectivity index (χ3v) is 4.28. The number of rotatable bonds is 4. The first-order valence-corrected chi connectivity index (χ1v) is 6.98. The zero-order valence-corrected chi connectivity index (χ0v) is 11.2. The first-order valence-electron chi connectivity index (χ1n) is 6.03. The van der Waals surface area contributed by atoms with Gasteiger partial charge in [0.15, 0.2) is 0 Å². The van der Waals surface area contributed by atoms with Crippen LogP contribution in [0.3, 0.4) is 0 Å². The lowest BCUT2D eigenvalue weighted by Gasteiger charge is -2.20. The van der Waals surface area contributed by atoms with Crippen LogP contribution >= 0.6 is 11.3 Å². The molecule has 1 N–H and O–H groups in total. The SMILES string of the molecule is C[C@]1(C(=O)O)CCN(C(=O)CCc2ccsc2)C1. The number of aliphatic carboxylic acids is 1. The van der Waals surface area contributed by atoms with Crippen molar-refractivity contribution in [3.05, 3.63) is 22.4 Å². The topological polar surface area (TPSA) is 57.6 Å². The van der Waals surface area contributed by atoms with Gasteiger partial charge in [-0.25, -0.2) is 0 Å². The van der Waals surface area contributed by atoms with Gasteiger partial charge in [-0.1, -0.05) is 0 Å². The van der Waals surface area contributed by atoms with Crippen LogP contribution in [0.1, 0.15) is 25.3 Å². The highest BCUT2D eigenvalue weighted by atomic mass is 32.1. The van der Waals surface area contributed by atoms with Crippen LogP contribution in [0.15, 0.2) is 16.8 Å². The molecule has 1 aliphatic heterocycles. The van der Waals surface area contributed by atoms with Gasteiger partial charge in [0.05, 0.1) is 5.41 Å². The second kappa shape index (κ2) is 5.10. The number of aryl methyl sites for hydroxylation is 1. The number of hydrogen-bond acceptors (Lipinski definition) is 3. The summed E-state index contributed by atoms with van der Waals surface area (Å²) in [7, 11) is 0. The molecule has 0 saturated carbocycles. The van der Waals surface area contributed by atoms with Crippen LogP contribution in [-0.2, 0) is 16.0 Å². The first kappa shape index (κ1) is 13.1. The summed E-state index contributed by atoms with van der Waals surface area (Å²) in [6.45, 7) is 2.61. The number of carbonyl (C=O) groups excluding carboxylic acids is 1. The van der Waals surface area contributed by atoms with Gasteiger partial charge >= 0.3 is 5.97 Å². The Morgan fingerprint density at radius 2 is 2.33 bits per heavy atom. The summed E-state index contributed by atoms with van der Waals surface area (Å²) in [6, 6.07) is 2.02. The maximum atomic E-state index is 12.0. The molecule has 1 aromatic heterocycles. The fraction of sp³-hybridized carbons (Fsp3) is 0.538.